The van der Waals surface area contributed by atoms with Gasteiger partial charge in [0.15, 0.2) is 24.6 Å². The second-order valence-electron chi connectivity index (χ2n) is 8.80. The molecule has 8 N–H and O–H groups in total. The SMILES string of the molecule is CC(=O)N[C@@H]1[C@@H](OC(C)C(=O)O)[C@H](OC(=O)C(C)O[C@@H]([C@H](O)[C@H](O)CO)[C@H](C=O)NC(C)=O)[C@@H](CO)O[C@@H]1O. The molecule has 39 heavy (non-hydrogen) atoms. The molecule has 1 saturated heterocycles. The molecule has 0 bridgehead atoms. The number of ether oxygens (including phenoxy) is 4. The fourth-order valence-corrected chi connectivity index (χ4v) is 3.71. The van der Waals surface area contributed by atoms with Crippen LogP contribution in [0.1, 0.15) is 27.7 Å². The van der Waals surface area contributed by atoms with E-state index < -0.39 is 104 Å². The minimum absolute atomic E-state index is 0.171. The summed E-state index contributed by atoms with van der Waals surface area (Å²) < 4.78 is 21.5. The Morgan fingerprint density at radius 3 is 2.10 bits per heavy atom. The van der Waals surface area contributed by atoms with Gasteiger partial charge in [0.2, 0.25) is 11.8 Å². The summed E-state index contributed by atoms with van der Waals surface area (Å²) in [7, 11) is 0. The van der Waals surface area contributed by atoms with Crippen molar-refractivity contribution in [2.45, 2.75) is 94.9 Å². The molecule has 0 saturated carbocycles. The van der Waals surface area contributed by atoms with Crippen molar-refractivity contribution in [3.05, 3.63) is 0 Å². The molecule has 1 aliphatic heterocycles. The number of aliphatic carboxylic acids is 1. The Kier molecular flexibility index (Phi) is 13.8. The van der Waals surface area contributed by atoms with Crippen LogP contribution >= 0.6 is 0 Å². The number of carbonyl (C=O) groups excluding carboxylic acids is 4. The van der Waals surface area contributed by atoms with Gasteiger partial charge in [-0.05, 0) is 13.8 Å². The lowest BCUT2D eigenvalue weighted by Crippen LogP contribution is -2.66. The standard InChI is InChI=1S/C22H36N2O15/c1-8(20(32)33)36-19-15(24-11(4)29)22(35)38-14(7-27)18(19)39-21(34)9(2)37-17(16(31)13(30)6-26)12(5-25)23-10(3)28/h5,8-9,12-19,22,26-27,30-31,35H,6-7H2,1-4H3,(H,23,28)(H,24,29)(H,32,33)/t8?,9?,12-,13+,14+,15+,16+,17+,18+,19+,22-/m0/s1. The van der Waals surface area contributed by atoms with Crippen molar-refractivity contribution >= 4 is 30.0 Å². The highest BCUT2D eigenvalue weighted by atomic mass is 16.7. The highest BCUT2D eigenvalue weighted by Gasteiger charge is 2.50. The van der Waals surface area contributed by atoms with E-state index in [1.165, 1.54) is 0 Å². The molecule has 0 aromatic rings. The molecule has 0 radical (unpaired) electrons. The van der Waals surface area contributed by atoms with Gasteiger partial charge in [-0.2, -0.15) is 0 Å². The van der Waals surface area contributed by atoms with Crippen LogP contribution in [0, 0.1) is 0 Å². The fraction of sp³-hybridized carbons (Fsp3) is 0.773. The van der Waals surface area contributed by atoms with E-state index in [9.17, 15) is 54.6 Å². The predicted molar refractivity (Wildman–Crippen MR) is 125 cm³/mol. The van der Waals surface area contributed by atoms with Gasteiger partial charge in [-0.25, -0.2) is 9.59 Å². The minimum atomic E-state index is -1.97. The van der Waals surface area contributed by atoms with Gasteiger partial charge in [0.05, 0.1) is 13.2 Å². The summed E-state index contributed by atoms with van der Waals surface area (Å²) in [5.41, 5.74) is 0. The predicted octanol–water partition coefficient (Wildman–Crippen LogP) is -4.84. The van der Waals surface area contributed by atoms with E-state index in [1.54, 1.807) is 0 Å². The lowest BCUT2D eigenvalue weighted by atomic mass is 9.96. The number of aldehydes is 1. The first-order valence-electron chi connectivity index (χ1n) is 11.8. The van der Waals surface area contributed by atoms with Crippen LogP contribution in [-0.4, -0.2) is 141 Å². The highest BCUT2D eigenvalue weighted by Crippen LogP contribution is 2.27. The van der Waals surface area contributed by atoms with Crippen molar-refractivity contribution in [2.24, 2.45) is 0 Å². The molecule has 17 nitrogen and oxygen atoms in total. The Hall–Kier alpha value is -2.77. The molecule has 224 valence electrons. The van der Waals surface area contributed by atoms with Crippen LogP contribution in [-0.2, 0) is 42.9 Å². The van der Waals surface area contributed by atoms with E-state index in [-0.39, 0.29) is 6.29 Å². The fourth-order valence-electron chi connectivity index (χ4n) is 3.71. The molecule has 2 unspecified atom stereocenters. The third kappa shape index (κ3) is 9.73. The van der Waals surface area contributed by atoms with Gasteiger partial charge in [-0.3, -0.25) is 9.59 Å². The number of amides is 2. The number of esters is 1. The van der Waals surface area contributed by atoms with E-state index in [0.717, 1.165) is 27.7 Å². The largest absolute Gasteiger partial charge is 0.479 e. The van der Waals surface area contributed by atoms with Crippen molar-refractivity contribution in [1.82, 2.24) is 10.6 Å². The quantitative estimate of drug-likeness (QED) is 0.0680. The molecule has 1 rings (SSSR count). The maximum Gasteiger partial charge on any atom is 0.335 e. The van der Waals surface area contributed by atoms with Gasteiger partial charge in [0.25, 0.3) is 0 Å². The number of hydrogen-bond acceptors (Lipinski definition) is 14. The summed E-state index contributed by atoms with van der Waals surface area (Å²) in [6.45, 7) is 2.57. The van der Waals surface area contributed by atoms with Crippen LogP contribution in [0.5, 0.6) is 0 Å². The van der Waals surface area contributed by atoms with Gasteiger partial charge in [0, 0.05) is 13.8 Å². The summed E-state index contributed by atoms with van der Waals surface area (Å²) in [5.74, 6) is -4.07. The summed E-state index contributed by atoms with van der Waals surface area (Å²) in [6, 6.07) is -3.03. The highest BCUT2D eigenvalue weighted by molar-refractivity contribution is 5.78. The molecule has 11 atom stereocenters. The van der Waals surface area contributed by atoms with Crippen LogP contribution in [0.3, 0.4) is 0 Å². The molecule has 0 aliphatic carbocycles. The lowest BCUT2D eigenvalue weighted by Gasteiger charge is -2.44. The minimum Gasteiger partial charge on any atom is -0.479 e. The Morgan fingerprint density at radius 2 is 1.64 bits per heavy atom. The second kappa shape index (κ2) is 15.7. The number of aliphatic hydroxyl groups is 5. The lowest BCUT2D eigenvalue weighted by molar-refractivity contribution is -0.274. The van der Waals surface area contributed by atoms with E-state index in [0.29, 0.717) is 0 Å². The number of aliphatic hydroxyl groups excluding tert-OH is 5. The van der Waals surface area contributed by atoms with Crippen LogP contribution in [0.2, 0.25) is 0 Å². The first-order valence-corrected chi connectivity index (χ1v) is 11.8. The zero-order valence-electron chi connectivity index (χ0n) is 21.7. The normalized spacial score (nSPS) is 27.7. The van der Waals surface area contributed by atoms with E-state index in [4.69, 9.17) is 18.9 Å². The van der Waals surface area contributed by atoms with Crippen molar-refractivity contribution in [3.8, 4) is 0 Å². The average Bonchev–Trinajstić information content (AvgIpc) is 2.87. The number of carboxylic acids is 1. The molecule has 0 aromatic heterocycles. The number of rotatable bonds is 15. The molecule has 1 aliphatic rings. The molecule has 17 heteroatoms. The van der Waals surface area contributed by atoms with Crippen molar-refractivity contribution in [3.63, 3.8) is 0 Å². The molecule has 0 aromatic carbocycles. The summed E-state index contributed by atoms with van der Waals surface area (Å²) >= 11 is 0. The van der Waals surface area contributed by atoms with Crippen LogP contribution in [0.15, 0.2) is 0 Å². The number of hydrogen-bond donors (Lipinski definition) is 8. The van der Waals surface area contributed by atoms with Gasteiger partial charge in [-0.15, -0.1) is 0 Å². The number of carboxylic acid groups (broad SMARTS) is 1. The van der Waals surface area contributed by atoms with Gasteiger partial charge < -0.3 is 65.0 Å². The average molecular weight is 569 g/mol. The maximum absolute atomic E-state index is 13.0. The van der Waals surface area contributed by atoms with Gasteiger partial charge >= 0.3 is 11.9 Å². The van der Waals surface area contributed by atoms with Crippen molar-refractivity contribution in [2.75, 3.05) is 13.2 Å². The maximum atomic E-state index is 13.0. The van der Waals surface area contributed by atoms with E-state index in [2.05, 4.69) is 10.6 Å². The molecular weight excluding hydrogens is 532 g/mol. The molecular formula is C22H36N2O15. The smallest absolute Gasteiger partial charge is 0.335 e. The van der Waals surface area contributed by atoms with Crippen LogP contribution in [0.25, 0.3) is 0 Å². The summed E-state index contributed by atoms with van der Waals surface area (Å²) in [5, 5.41) is 63.3. The van der Waals surface area contributed by atoms with E-state index in [1.807, 2.05) is 0 Å². The molecule has 0 spiro atoms. The van der Waals surface area contributed by atoms with Crippen molar-refractivity contribution in [1.29, 1.82) is 0 Å². The third-order valence-electron chi connectivity index (χ3n) is 5.66. The Labute approximate surface area is 223 Å². The second-order valence-corrected chi connectivity index (χ2v) is 8.80. The Bertz CT molecular complexity index is 857. The van der Waals surface area contributed by atoms with E-state index >= 15 is 0 Å². The number of carbonyl (C=O) groups is 5. The van der Waals surface area contributed by atoms with Gasteiger partial charge in [0.1, 0.15) is 48.9 Å². The first-order chi connectivity index (χ1) is 18.2. The molecule has 2 amide bonds. The third-order valence-corrected chi connectivity index (χ3v) is 5.66. The van der Waals surface area contributed by atoms with Crippen LogP contribution in [0.4, 0.5) is 0 Å². The first kappa shape index (κ1) is 34.3. The zero-order valence-corrected chi connectivity index (χ0v) is 21.7. The molecule has 1 heterocycles. The summed E-state index contributed by atoms with van der Waals surface area (Å²) in [6.07, 6.45) is -15.0. The summed E-state index contributed by atoms with van der Waals surface area (Å²) in [4.78, 5) is 59.2. The molecule has 1 fully saturated rings. The topological polar surface area (TPSA) is 268 Å². The van der Waals surface area contributed by atoms with Crippen LogP contribution < -0.4 is 10.6 Å². The van der Waals surface area contributed by atoms with Gasteiger partial charge in [-0.1, -0.05) is 0 Å². The Balaban J connectivity index is 3.29. The number of nitrogens with one attached hydrogen (secondary N) is 2. The Morgan fingerprint density at radius 1 is 1.03 bits per heavy atom. The zero-order chi connectivity index (χ0) is 30.0. The monoisotopic (exact) mass is 568 g/mol. The van der Waals surface area contributed by atoms with Crippen molar-refractivity contribution < 1.29 is 73.6 Å².